The molecule has 0 spiro atoms. The molecule has 0 amide bonds. The first kappa shape index (κ1) is 16.1. The molecule has 2 heterocycles. The van der Waals surface area contributed by atoms with E-state index in [0.717, 1.165) is 12.3 Å². The monoisotopic (exact) mass is 355 g/mol. The topological polar surface area (TPSA) is 78.8 Å². The number of nitrogens with two attached hydrogens (primary N) is 1. The van der Waals surface area contributed by atoms with Crippen LogP contribution in [0.15, 0.2) is 42.9 Å². The lowest BCUT2D eigenvalue weighted by Gasteiger charge is -2.08. The molecular formula is C14H9ClF3N5O. The molecule has 10 heteroatoms. The van der Waals surface area contributed by atoms with E-state index in [1.807, 2.05) is 0 Å². The van der Waals surface area contributed by atoms with E-state index in [4.69, 9.17) is 17.3 Å². The Kier molecular flexibility index (Phi) is 4.02. The number of pyridine rings is 1. The predicted octanol–water partition coefficient (Wildman–Crippen LogP) is 3.46. The standard InChI is InChI=1S/C14H9ClF3N5O/c15-10-5-8(1-3-11(10)19)13-21-7-23(22-13)12-4-2-9(6-20-12)24-14(16,17)18/h1-7H,19H2. The molecule has 24 heavy (non-hydrogen) atoms. The van der Waals surface area contributed by atoms with Gasteiger partial charge in [0.1, 0.15) is 12.1 Å². The minimum atomic E-state index is -4.77. The summed E-state index contributed by atoms with van der Waals surface area (Å²) in [5.41, 5.74) is 6.72. The Labute approximate surface area is 138 Å². The third-order valence-corrected chi connectivity index (χ3v) is 3.27. The molecule has 2 aromatic heterocycles. The van der Waals surface area contributed by atoms with Gasteiger partial charge < -0.3 is 10.5 Å². The lowest BCUT2D eigenvalue weighted by Crippen LogP contribution is -2.17. The molecule has 0 bridgehead atoms. The zero-order chi connectivity index (χ0) is 17.3. The third-order valence-electron chi connectivity index (χ3n) is 2.94. The summed E-state index contributed by atoms with van der Waals surface area (Å²) >= 11 is 5.95. The van der Waals surface area contributed by atoms with Crippen LogP contribution in [-0.2, 0) is 0 Å². The van der Waals surface area contributed by atoms with Crippen LogP contribution < -0.4 is 10.5 Å². The van der Waals surface area contributed by atoms with E-state index in [2.05, 4.69) is 19.8 Å². The summed E-state index contributed by atoms with van der Waals surface area (Å²) in [7, 11) is 0. The van der Waals surface area contributed by atoms with Gasteiger partial charge in [0.05, 0.1) is 16.9 Å². The number of nitrogen functional groups attached to an aromatic ring is 1. The van der Waals surface area contributed by atoms with Crippen LogP contribution in [0.2, 0.25) is 5.02 Å². The first-order valence-electron chi connectivity index (χ1n) is 6.51. The van der Waals surface area contributed by atoms with E-state index in [9.17, 15) is 13.2 Å². The Balaban J connectivity index is 1.84. The highest BCUT2D eigenvalue weighted by molar-refractivity contribution is 6.33. The van der Waals surface area contributed by atoms with Crippen LogP contribution in [0.25, 0.3) is 17.2 Å². The second kappa shape index (κ2) is 6.00. The second-order valence-corrected chi connectivity index (χ2v) is 5.06. The van der Waals surface area contributed by atoms with Gasteiger partial charge in [-0.05, 0) is 30.3 Å². The maximum atomic E-state index is 12.1. The van der Waals surface area contributed by atoms with Gasteiger partial charge in [-0.1, -0.05) is 11.6 Å². The highest BCUT2D eigenvalue weighted by atomic mass is 35.5. The van der Waals surface area contributed by atoms with Crippen molar-refractivity contribution in [3.63, 3.8) is 0 Å². The van der Waals surface area contributed by atoms with Crippen molar-refractivity contribution in [1.82, 2.24) is 19.7 Å². The minimum absolute atomic E-state index is 0.282. The Hall–Kier alpha value is -2.81. The Morgan fingerprint density at radius 2 is 1.92 bits per heavy atom. The van der Waals surface area contributed by atoms with Crippen LogP contribution in [0.4, 0.5) is 18.9 Å². The maximum Gasteiger partial charge on any atom is 0.573 e. The van der Waals surface area contributed by atoms with Gasteiger partial charge in [-0.3, -0.25) is 0 Å². The van der Waals surface area contributed by atoms with E-state index in [1.165, 1.54) is 17.1 Å². The van der Waals surface area contributed by atoms with Crippen LogP contribution in [0.3, 0.4) is 0 Å². The number of hydrogen-bond donors (Lipinski definition) is 1. The molecule has 0 aliphatic rings. The first-order valence-corrected chi connectivity index (χ1v) is 6.89. The molecule has 0 fully saturated rings. The van der Waals surface area contributed by atoms with Crippen LogP contribution in [0, 0.1) is 0 Å². The number of hydrogen-bond acceptors (Lipinski definition) is 5. The summed E-state index contributed by atoms with van der Waals surface area (Å²) in [6, 6.07) is 7.41. The van der Waals surface area contributed by atoms with Gasteiger partial charge >= 0.3 is 6.36 Å². The number of benzene rings is 1. The van der Waals surface area contributed by atoms with Crippen molar-refractivity contribution < 1.29 is 17.9 Å². The van der Waals surface area contributed by atoms with Crippen molar-refractivity contribution in [3.05, 3.63) is 47.9 Å². The van der Waals surface area contributed by atoms with Crippen molar-refractivity contribution in [3.8, 4) is 23.0 Å². The molecule has 1 aromatic carbocycles. The second-order valence-electron chi connectivity index (χ2n) is 4.65. The molecule has 3 rings (SSSR count). The molecular weight excluding hydrogens is 347 g/mol. The van der Waals surface area contributed by atoms with Gasteiger partial charge in [-0.25, -0.2) is 14.6 Å². The molecule has 0 unspecified atom stereocenters. The van der Waals surface area contributed by atoms with Crippen LogP contribution in [0.5, 0.6) is 5.75 Å². The summed E-state index contributed by atoms with van der Waals surface area (Å²) in [4.78, 5) is 7.98. The van der Waals surface area contributed by atoms with E-state index >= 15 is 0 Å². The van der Waals surface area contributed by atoms with Gasteiger partial charge in [0, 0.05) is 5.56 Å². The number of alkyl halides is 3. The van der Waals surface area contributed by atoms with Crippen LogP contribution >= 0.6 is 11.6 Å². The van der Waals surface area contributed by atoms with Crippen molar-refractivity contribution >= 4 is 17.3 Å². The number of nitrogens with zero attached hydrogens (tertiary/aromatic N) is 4. The normalized spacial score (nSPS) is 11.5. The molecule has 0 saturated carbocycles. The number of aromatic nitrogens is 4. The van der Waals surface area contributed by atoms with E-state index in [1.54, 1.807) is 18.2 Å². The molecule has 124 valence electrons. The number of ether oxygens (including phenoxy) is 1. The summed E-state index contributed by atoms with van der Waals surface area (Å²) < 4.78 is 41.4. The summed E-state index contributed by atoms with van der Waals surface area (Å²) in [6.07, 6.45) is -2.44. The zero-order valence-electron chi connectivity index (χ0n) is 11.8. The molecule has 0 aliphatic heterocycles. The molecule has 0 atom stereocenters. The lowest BCUT2D eigenvalue weighted by molar-refractivity contribution is -0.274. The summed E-state index contributed by atoms with van der Waals surface area (Å²) in [5.74, 6) is 0.232. The first-order chi connectivity index (χ1) is 11.3. The predicted molar refractivity (Wildman–Crippen MR) is 80.7 cm³/mol. The lowest BCUT2D eigenvalue weighted by atomic mass is 10.2. The fourth-order valence-corrected chi connectivity index (χ4v) is 2.05. The van der Waals surface area contributed by atoms with Crippen LogP contribution in [-0.4, -0.2) is 26.1 Å². The number of anilines is 1. The molecule has 0 saturated heterocycles. The van der Waals surface area contributed by atoms with Gasteiger partial charge in [-0.15, -0.1) is 18.3 Å². The SMILES string of the molecule is Nc1ccc(-c2ncn(-c3ccc(OC(F)(F)F)cn3)n2)cc1Cl. The van der Waals surface area contributed by atoms with E-state index in [-0.39, 0.29) is 5.82 Å². The van der Waals surface area contributed by atoms with Crippen molar-refractivity contribution in [1.29, 1.82) is 0 Å². The fraction of sp³-hybridized carbons (Fsp3) is 0.0714. The number of rotatable bonds is 3. The Morgan fingerprint density at radius 1 is 1.12 bits per heavy atom. The Morgan fingerprint density at radius 3 is 2.54 bits per heavy atom. The maximum absolute atomic E-state index is 12.1. The molecule has 0 aliphatic carbocycles. The third kappa shape index (κ3) is 3.57. The quantitative estimate of drug-likeness (QED) is 0.728. The molecule has 0 radical (unpaired) electrons. The average molecular weight is 356 g/mol. The van der Waals surface area contributed by atoms with Crippen molar-refractivity contribution in [2.24, 2.45) is 0 Å². The largest absolute Gasteiger partial charge is 0.573 e. The Bertz CT molecular complexity index is 864. The summed E-state index contributed by atoms with van der Waals surface area (Å²) in [5, 5.41) is 4.58. The average Bonchev–Trinajstić information content (AvgIpc) is 2.99. The van der Waals surface area contributed by atoms with E-state index < -0.39 is 12.1 Å². The zero-order valence-corrected chi connectivity index (χ0v) is 12.6. The van der Waals surface area contributed by atoms with Gasteiger partial charge in [-0.2, -0.15) is 0 Å². The molecule has 3 aromatic rings. The van der Waals surface area contributed by atoms with Crippen molar-refractivity contribution in [2.45, 2.75) is 6.36 Å². The highest BCUT2D eigenvalue weighted by Crippen LogP contribution is 2.25. The van der Waals surface area contributed by atoms with Gasteiger partial charge in [0.15, 0.2) is 11.6 Å². The highest BCUT2D eigenvalue weighted by Gasteiger charge is 2.31. The van der Waals surface area contributed by atoms with E-state index in [0.29, 0.717) is 22.1 Å². The smallest absolute Gasteiger partial charge is 0.404 e. The summed E-state index contributed by atoms with van der Waals surface area (Å²) in [6.45, 7) is 0. The number of halogens is 4. The minimum Gasteiger partial charge on any atom is -0.404 e. The van der Waals surface area contributed by atoms with Gasteiger partial charge in [0.2, 0.25) is 0 Å². The van der Waals surface area contributed by atoms with Crippen LogP contribution in [0.1, 0.15) is 0 Å². The van der Waals surface area contributed by atoms with Gasteiger partial charge in [0.25, 0.3) is 0 Å². The fourth-order valence-electron chi connectivity index (χ4n) is 1.87. The molecule has 6 nitrogen and oxygen atoms in total. The van der Waals surface area contributed by atoms with Crippen molar-refractivity contribution in [2.75, 3.05) is 5.73 Å². The molecule has 2 N–H and O–H groups in total.